The topological polar surface area (TPSA) is 17.1 Å². The van der Waals surface area contributed by atoms with Crippen molar-refractivity contribution in [1.29, 1.82) is 0 Å². The van der Waals surface area contributed by atoms with E-state index in [0.717, 1.165) is 18.4 Å². The molecule has 1 unspecified atom stereocenters. The lowest BCUT2D eigenvalue weighted by atomic mass is 9.78. The van der Waals surface area contributed by atoms with Gasteiger partial charge in [0, 0.05) is 16.5 Å². The highest BCUT2D eigenvalue weighted by molar-refractivity contribution is 6.31. The summed E-state index contributed by atoms with van der Waals surface area (Å²) in [6, 6.07) is 7.29. The van der Waals surface area contributed by atoms with Crippen molar-refractivity contribution in [3.8, 4) is 0 Å². The van der Waals surface area contributed by atoms with Gasteiger partial charge in [-0.2, -0.15) is 0 Å². The Bertz CT molecular complexity index is 429. The fraction of sp³-hybridized carbons (Fsp3) is 0.588. The zero-order chi connectivity index (χ0) is 14.6. The molecule has 0 spiro atoms. The van der Waals surface area contributed by atoms with Crippen molar-refractivity contribution in [3.05, 3.63) is 34.9 Å². The maximum atomic E-state index is 12.7. The molecule has 0 aromatic heterocycles. The summed E-state index contributed by atoms with van der Waals surface area (Å²) in [5, 5.41) is 0.630. The van der Waals surface area contributed by atoms with Gasteiger partial charge in [0.1, 0.15) is 0 Å². The summed E-state index contributed by atoms with van der Waals surface area (Å²) < 4.78 is 0. The third-order valence-corrected chi connectivity index (χ3v) is 3.33. The Labute approximate surface area is 122 Å². The monoisotopic (exact) mass is 280 g/mol. The van der Waals surface area contributed by atoms with E-state index in [0.29, 0.717) is 10.9 Å². The van der Waals surface area contributed by atoms with Crippen molar-refractivity contribution in [1.82, 2.24) is 0 Å². The number of ketones is 1. The highest BCUT2D eigenvalue weighted by Crippen LogP contribution is 2.31. The van der Waals surface area contributed by atoms with Crippen LogP contribution in [0.5, 0.6) is 0 Å². The molecule has 0 N–H and O–H groups in total. The maximum absolute atomic E-state index is 12.7. The summed E-state index contributed by atoms with van der Waals surface area (Å²) >= 11 is 5.98. The smallest absolute Gasteiger partial charge is 0.166 e. The minimum atomic E-state index is 0.0819. The Balaban J connectivity index is 2.93. The van der Waals surface area contributed by atoms with E-state index < -0.39 is 0 Å². The van der Waals surface area contributed by atoms with Gasteiger partial charge in [0.2, 0.25) is 0 Å². The molecule has 2 heteroatoms. The Morgan fingerprint density at radius 1 is 1.26 bits per heavy atom. The summed E-state index contributed by atoms with van der Waals surface area (Å²) in [5.74, 6) is 0.833. The number of hydrogen-bond donors (Lipinski definition) is 0. The van der Waals surface area contributed by atoms with Gasteiger partial charge in [-0.15, -0.1) is 0 Å². The van der Waals surface area contributed by atoms with Crippen LogP contribution in [0.2, 0.25) is 5.02 Å². The van der Waals surface area contributed by atoms with E-state index in [2.05, 4.69) is 34.6 Å². The van der Waals surface area contributed by atoms with E-state index in [9.17, 15) is 4.79 Å². The van der Waals surface area contributed by atoms with Gasteiger partial charge in [-0.1, -0.05) is 58.4 Å². The van der Waals surface area contributed by atoms with Gasteiger partial charge in [0.15, 0.2) is 5.78 Å². The molecule has 19 heavy (non-hydrogen) atoms. The van der Waals surface area contributed by atoms with Gasteiger partial charge in [-0.3, -0.25) is 4.79 Å². The molecule has 0 aliphatic heterocycles. The third-order valence-electron chi connectivity index (χ3n) is 3.09. The van der Waals surface area contributed by atoms with Crippen LogP contribution in [0.1, 0.15) is 57.8 Å². The summed E-state index contributed by atoms with van der Waals surface area (Å²) in [6.45, 7) is 10.9. The molecule has 1 nitrogen and oxygen atoms in total. The van der Waals surface area contributed by atoms with Crippen molar-refractivity contribution >= 4 is 17.4 Å². The second-order valence-electron chi connectivity index (χ2n) is 6.97. The van der Waals surface area contributed by atoms with E-state index in [1.165, 1.54) is 0 Å². The van der Waals surface area contributed by atoms with Gasteiger partial charge in [-0.05, 0) is 36.3 Å². The van der Waals surface area contributed by atoms with E-state index in [-0.39, 0.29) is 17.1 Å². The van der Waals surface area contributed by atoms with Crippen LogP contribution in [0.3, 0.4) is 0 Å². The van der Waals surface area contributed by atoms with Crippen LogP contribution in [0.15, 0.2) is 24.3 Å². The molecule has 0 saturated heterocycles. The van der Waals surface area contributed by atoms with Crippen molar-refractivity contribution < 1.29 is 4.79 Å². The molecule has 0 bridgehead atoms. The molecular weight excluding hydrogens is 256 g/mol. The molecule has 1 atom stereocenters. The van der Waals surface area contributed by atoms with Crippen molar-refractivity contribution in [2.24, 2.45) is 17.3 Å². The molecule has 0 aliphatic carbocycles. The lowest BCUT2D eigenvalue weighted by Gasteiger charge is -2.26. The van der Waals surface area contributed by atoms with Crippen LogP contribution in [0.25, 0.3) is 0 Å². The molecule has 0 radical (unpaired) electrons. The molecule has 0 heterocycles. The average Bonchev–Trinajstić information content (AvgIpc) is 2.24. The molecule has 1 aromatic rings. The normalized spacial score (nSPS) is 13.6. The first-order valence-electron chi connectivity index (χ1n) is 6.99. The van der Waals surface area contributed by atoms with Crippen LogP contribution in [0.4, 0.5) is 0 Å². The molecule has 1 rings (SSSR count). The molecule has 0 aliphatic rings. The van der Waals surface area contributed by atoms with Crippen LogP contribution in [-0.2, 0) is 0 Å². The zero-order valence-electron chi connectivity index (χ0n) is 12.7. The summed E-state index contributed by atoms with van der Waals surface area (Å²) in [6.07, 6.45) is 1.85. The summed E-state index contributed by atoms with van der Waals surface area (Å²) in [7, 11) is 0. The van der Waals surface area contributed by atoms with Crippen molar-refractivity contribution in [3.63, 3.8) is 0 Å². The van der Waals surface area contributed by atoms with Crippen molar-refractivity contribution in [2.45, 2.75) is 47.5 Å². The summed E-state index contributed by atoms with van der Waals surface area (Å²) in [5.41, 5.74) is 0.899. The Kier molecular flexibility index (Phi) is 5.61. The predicted molar refractivity (Wildman–Crippen MR) is 82.8 cm³/mol. The van der Waals surface area contributed by atoms with Crippen molar-refractivity contribution in [2.75, 3.05) is 0 Å². The molecular formula is C17H25ClO. The molecule has 0 fully saturated rings. The first kappa shape index (κ1) is 16.2. The van der Waals surface area contributed by atoms with Crippen LogP contribution in [-0.4, -0.2) is 5.78 Å². The highest BCUT2D eigenvalue weighted by atomic mass is 35.5. The van der Waals surface area contributed by atoms with Gasteiger partial charge in [0.05, 0.1) is 0 Å². The molecule has 0 amide bonds. The van der Waals surface area contributed by atoms with Gasteiger partial charge >= 0.3 is 0 Å². The van der Waals surface area contributed by atoms with Gasteiger partial charge in [0.25, 0.3) is 0 Å². The fourth-order valence-electron chi connectivity index (χ4n) is 2.47. The largest absolute Gasteiger partial charge is 0.294 e. The van der Waals surface area contributed by atoms with Crippen LogP contribution < -0.4 is 0 Å². The number of rotatable bonds is 5. The Morgan fingerprint density at radius 2 is 1.89 bits per heavy atom. The first-order valence-corrected chi connectivity index (χ1v) is 7.36. The Hall–Kier alpha value is -0.820. The number of carbonyl (C=O) groups is 1. The maximum Gasteiger partial charge on any atom is 0.166 e. The zero-order valence-corrected chi connectivity index (χ0v) is 13.4. The van der Waals surface area contributed by atoms with E-state index in [4.69, 9.17) is 11.6 Å². The number of hydrogen-bond acceptors (Lipinski definition) is 1. The fourth-order valence-corrected chi connectivity index (χ4v) is 2.66. The van der Waals surface area contributed by atoms with Gasteiger partial charge < -0.3 is 0 Å². The standard InChI is InChI=1S/C17H25ClO/c1-12(2)9-14(11-17(3,4)5)16(19)13-7-6-8-15(18)10-13/h6-8,10,12,14H,9,11H2,1-5H3. The van der Waals surface area contributed by atoms with E-state index >= 15 is 0 Å². The van der Waals surface area contributed by atoms with Crippen LogP contribution >= 0.6 is 11.6 Å². The molecule has 0 saturated carbocycles. The second kappa shape index (κ2) is 6.56. The SMILES string of the molecule is CC(C)CC(CC(C)(C)C)C(=O)c1cccc(Cl)c1. The minimum Gasteiger partial charge on any atom is -0.294 e. The first-order chi connectivity index (χ1) is 8.69. The number of halogens is 1. The lowest BCUT2D eigenvalue weighted by molar-refractivity contribution is 0.0861. The molecule has 1 aromatic carbocycles. The van der Waals surface area contributed by atoms with E-state index in [1.807, 2.05) is 12.1 Å². The number of benzene rings is 1. The highest BCUT2D eigenvalue weighted by Gasteiger charge is 2.26. The van der Waals surface area contributed by atoms with Gasteiger partial charge in [-0.25, -0.2) is 0 Å². The quantitative estimate of drug-likeness (QED) is 0.640. The Morgan fingerprint density at radius 3 is 2.37 bits per heavy atom. The second-order valence-corrected chi connectivity index (χ2v) is 7.40. The number of carbonyl (C=O) groups excluding carboxylic acids is 1. The van der Waals surface area contributed by atoms with Crippen LogP contribution in [0, 0.1) is 17.3 Å². The summed E-state index contributed by atoms with van der Waals surface area (Å²) in [4.78, 5) is 12.7. The van der Waals surface area contributed by atoms with E-state index in [1.54, 1.807) is 12.1 Å². The third kappa shape index (κ3) is 5.78. The lowest BCUT2D eigenvalue weighted by Crippen LogP contribution is -2.23. The minimum absolute atomic E-state index is 0.0819. The average molecular weight is 281 g/mol. The predicted octanol–water partition coefficient (Wildman–Crippen LogP) is 5.62. The number of Topliss-reactive ketones (excluding diaryl/α,β-unsaturated/α-hetero) is 1. The molecule has 106 valence electrons.